The summed E-state index contributed by atoms with van der Waals surface area (Å²) in [5.74, 6) is 0.678. The van der Waals surface area contributed by atoms with Gasteiger partial charge in [0.1, 0.15) is 0 Å². The van der Waals surface area contributed by atoms with Crippen LogP contribution in [0.3, 0.4) is 0 Å². The molecule has 0 unspecified atom stereocenters. The minimum Gasteiger partial charge on any atom is -0.399 e. The van der Waals surface area contributed by atoms with Crippen LogP contribution in [0.1, 0.15) is 52.1 Å². The lowest BCUT2D eigenvalue weighted by molar-refractivity contribution is 0.00578. The van der Waals surface area contributed by atoms with E-state index in [4.69, 9.17) is 9.31 Å². The summed E-state index contributed by atoms with van der Waals surface area (Å²) in [4.78, 5) is 0. The minimum absolute atomic E-state index is 0.308. The molecule has 1 saturated heterocycles. The Morgan fingerprint density at radius 1 is 1.14 bits per heavy atom. The van der Waals surface area contributed by atoms with Crippen LogP contribution >= 0.6 is 0 Å². The van der Waals surface area contributed by atoms with E-state index < -0.39 is 0 Å². The van der Waals surface area contributed by atoms with Gasteiger partial charge in [-0.05, 0) is 52.1 Å². The Morgan fingerprint density at radius 3 is 2.43 bits per heavy atom. The molecular formula is C16H21BN2O2. The molecule has 4 nitrogen and oxygen atoms in total. The fourth-order valence-corrected chi connectivity index (χ4v) is 2.86. The molecule has 5 heteroatoms. The molecule has 2 heterocycles. The Bertz CT molecular complexity index is 687. The van der Waals surface area contributed by atoms with Gasteiger partial charge in [-0.2, -0.15) is 5.10 Å². The van der Waals surface area contributed by atoms with E-state index >= 15 is 0 Å². The van der Waals surface area contributed by atoms with Crippen molar-refractivity contribution in [3.8, 4) is 0 Å². The first-order valence-corrected chi connectivity index (χ1v) is 7.71. The number of rotatable bonds is 2. The van der Waals surface area contributed by atoms with Crippen LogP contribution < -0.4 is 5.46 Å². The lowest BCUT2D eigenvalue weighted by atomic mass is 9.78. The number of hydrogen-bond acceptors (Lipinski definition) is 3. The van der Waals surface area contributed by atoms with E-state index in [0.717, 1.165) is 11.0 Å². The number of benzene rings is 1. The van der Waals surface area contributed by atoms with Crippen LogP contribution in [-0.4, -0.2) is 28.5 Å². The van der Waals surface area contributed by atoms with Crippen LogP contribution in [0.5, 0.6) is 0 Å². The Hall–Kier alpha value is -1.33. The molecular weight excluding hydrogens is 263 g/mol. The lowest BCUT2D eigenvalue weighted by Crippen LogP contribution is -2.41. The quantitative estimate of drug-likeness (QED) is 0.862. The van der Waals surface area contributed by atoms with Crippen LogP contribution in [0.2, 0.25) is 0 Å². The van der Waals surface area contributed by atoms with Gasteiger partial charge in [-0.1, -0.05) is 12.1 Å². The average Bonchev–Trinajstić information content (AvgIpc) is 3.11. The van der Waals surface area contributed by atoms with Crippen molar-refractivity contribution in [2.45, 2.75) is 57.7 Å². The van der Waals surface area contributed by atoms with E-state index in [2.05, 4.69) is 56.1 Å². The molecule has 2 aliphatic rings. The van der Waals surface area contributed by atoms with E-state index in [9.17, 15) is 0 Å². The van der Waals surface area contributed by atoms with Gasteiger partial charge >= 0.3 is 7.12 Å². The van der Waals surface area contributed by atoms with Crippen molar-refractivity contribution in [2.24, 2.45) is 0 Å². The van der Waals surface area contributed by atoms with E-state index in [1.54, 1.807) is 0 Å². The molecule has 4 rings (SSSR count). The standard InChI is InChI=1S/C16H21BN2O2/c1-15(2)16(3,4)21-17(20-15)11-7-8-12-13(9-11)18-19-14(12)10-5-6-10/h7-10H,5-6H2,1-4H3,(H,18,19). The van der Waals surface area contributed by atoms with E-state index in [1.807, 2.05) is 0 Å². The second-order valence-electron chi connectivity index (χ2n) is 7.28. The van der Waals surface area contributed by atoms with Gasteiger partial charge in [0, 0.05) is 17.0 Å². The van der Waals surface area contributed by atoms with Crippen molar-refractivity contribution in [3.05, 3.63) is 23.9 Å². The van der Waals surface area contributed by atoms with Crippen LogP contribution in [0, 0.1) is 0 Å². The third kappa shape index (κ3) is 2.02. The molecule has 0 spiro atoms. The maximum Gasteiger partial charge on any atom is 0.494 e. The minimum atomic E-state index is -0.319. The number of aromatic amines is 1. The summed E-state index contributed by atoms with van der Waals surface area (Å²) in [7, 11) is -0.319. The monoisotopic (exact) mass is 284 g/mol. The topological polar surface area (TPSA) is 47.1 Å². The first-order chi connectivity index (χ1) is 9.87. The highest BCUT2D eigenvalue weighted by Gasteiger charge is 2.51. The lowest BCUT2D eigenvalue weighted by Gasteiger charge is -2.32. The van der Waals surface area contributed by atoms with E-state index in [1.165, 1.54) is 23.9 Å². The molecule has 1 aliphatic carbocycles. The summed E-state index contributed by atoms with van der Waals surface area (Å²) in [6, 6.07) is 6.33. The molecule has 0 bridgehead atoms. The Labute approximate surface area is 125 Å². The average molecular weight is 284 g/mol. The molecule has 0 radical (unpaired) electrons. The third-order valence-corrected chi connectivity index (χ3v) is 5.12. The molecule has 1 aromatic carbocycles. The molecule has 1 aromatic heterocycles. The molecule has 1 aliphatic heterocycles. The summed E-state index contributed by atoms with van der Waals surface area (Å²) in [5.41, 5.74) is 2.71. The van der Waals surface area contributed by atoms with Gasteiger partial charge in [-0.15, -0.1) is 0 Å². The van der Waals surface area contributed by atoms with Gasteiger partial charge in [0.25, 0.3) is 0 Å². The molecule has 1 saturated carbocycles. The van der Waals surface area contributed by atoms with Gasteiger partial charge in [0.2, 0.25) is 0 Å². The highest BCUT2D eigenvalue weighted by molar-refractivity contribution is 6.62. The number of nitrogens with one attached hydrogen (secondary N) is 1. The number of fused-ring (bicyclic) bond motifs is 1. The van der Waals surface area contributed by atoms with Crippen molar-refractivity contribution >= 4 is 23.5 Å². The zero-order chi connectivity index (χ0) is 14.8. The SMILES string of the molecule is CC1(C)OB(c2ccc3c(C4CC4)[nH]nc3c2)OC1(C)C. The van der Waals surface area contributed by atoms with Crippen LogP contribution in [-0.2, 0) is 9.31 Å². The summed E-state index contributed by atoms with van der Waals surface area (Å²) in [6.45, 7) is 8.30. The summed E-state index contributed by atoms with van der Waals surface area (Å²) >= 11 is 0. The first-order valence-electron chi connectivity index (χ1n) is 7.71. The fraction of sp³-hybridized carbons (Fsp3) is 0.562. The van der Waals surface area contributed by atoms with Crippen molar-refractivity contribution < 1.29 is 9.31 Å². The Balaban J connectivity index is 1.69. The van der Waals surface area contributed by atoms with Crippen molar-refractivity contribution in [1.82, 2.24) is 10.2 Å². The number of H-pyrrole nitrogens is 1. The molecule has 110 valence electrons. The maximum atomic E-state index is 6.11. The molecule has 2 fully saturated rings. The largest absolute Gasteiger partial charge is 0.494 e. The second-order valence-corrected chi connectivity index (χ2v) is 7.28. The van der Waals surface area contributed by atoms with E-state index in [0.29, 0.717) is 5.92 Å². The molecule has 21 heavy (non-hydrogen) atoms. The number of hydrogen-bond donors (Lipinski definition) is 1. The zero-order valence-electron chi connectivity index (χ0n) is 13.1. The predicted octanol–water partition coefficient (Wildman–Crippen LogP) is 2.74. The van der Waals surface area contributed by atoms with E-state index in [-0.39, 0.29) is 18.3 Å². The molecule has 2 aromatic rings. The summed E-state index contributed by atoms with van der Waals surface area (Å²) in [6.07, 6.45) is 2.55. The zero-order valence-corrected chi connectivity index (χ0v) is 13.1. The Morgan fingerprint density at radius 2 is 1.81 bits per heavy atom. The maximum absolute atomic E-state index is 6.11. The van der Waals surface area contributed by atoms with Crippen LogP contribution in [0.15, 0.2) is 18.2 Å². The van der Waals surface area contributed by atoms with Gasteiger partial charge < -0.3 is 9.31 Å². The Kier molecular flexibility index (Phi) is 2.61. The first kappa shape index (κ1) is 13.3. The summed E-state index contributed by atoms with van der Waals surface area (Å²) < 4.78 is 12.2. The smallest absolute Gasteiger partial charge is 0.399 e. The van der Waals surface area contributed by atoms with Crippen LogP contribution in [0.4, 0.5) is 0 Å². The normalized spacial score (nSPS) is 23.9. The number of aromatic nitrogens is 2. The fourth-order valence-electron chi connectivity index (χ4n) is 2.86. The van der Waals surface area contributed by atoms with Crippen molar-refractivity contribution in [1.29, 1.82) is 0 Å². The molecule has 0 atom stereocenters. The predicted molar refractivity (Wildman–Crippen MR) is 83.8 cm³/mol. The third-order valence-electron chi connectivity index (χ3n) is 5.12. The number of nitrogens with zero attached hydrogens (tertiary/aromatic N) is 1. The van der Waals surface area contributed by atoms with Crippen molar-refractivity contribution in [3.63, 3.8) is 0 Å². The van der Waals surface area contributed by atoms with Gasteiger partial charge in [0.15, 0.2) is 0 Å². The highest BCUT2D eigenvalue weighted by Crippen LogP contribution is 2.42. The highest BCUT2D eigenvalue weighted by atomic mass is 16.7. The van der Waals surface area contributed by atoms with Gasteiger partial charge in [-0.25, -0.2) is 0 Å². The second kappa shape index (κ2) is 4.11. The van der Waals surface area contributed by atoms with Gasteiger partial charge in [-0.3, -0.25) is 5.10 Å². The molecule has 1 N–H and O–H groups in total. The summed E-state index contributed by atoms with van der Waals surface area (Å²) in [5, 5.41) is 8.88. The van der Waals surface area contributed by atoms with Crippen LogP contribution in [0.25, 0.3) is 10.9 Å². The molecule has 0 amide bonds. The van der Waals surface area contributed by atoms with Gasteiger partial charge in [0.05, 0.1) is 16.7 Å². The van der Waals surface area contributed by atoms with Crippen molar-refractivity contribution in [2.75, 3.05) is 0 Å².